The fraction of sp³-hybridized carbons (Fsp3) is 0.375. The minimum absolute atomic E-state index is 0.182. The lowest BCUT2D eigenvalue weighted by Crippen LogP contribution is -1.91. The summed E-state index contributed by atoms with van der Waals surface area (Å²) in [6.45, 7) is 0. The summed E-state index contributed by atoms with van der Waals surface area (Å²) < 4.78 is 0. The maximum Gasteiger partial charge on any atom is 0.303 e. The van der Waals surface area contributed by atoms with E-state index in [1.54, 1.807) is 12.2 Å². The molecular weight excluding hydrogens is 128 g/mol. The third kappa shape index (κ3) is 6.77. The normalized spacial score (nSPS) is 9.50. The Morgan fingerprint density at radius 3 is 2.80 bits per heavy atom. The number of hydrogen-bond acceptors (Lipinski definition) is 1. The van der Waals surface area contributed by atoms with E-state index in [4.69, 9.17) is 11.5 Å². The van der Waals surface area contributed by atoms with Gasteiger partial charge in [0.05, 0.1) is 0 Å². The summed E-state index contributed by atoms with van der Waals surface area (Å²) in [5.74, 6) is 1.65. The van der Waals surface area contributed by atoms with Gasteiger partial charge in [0.2, 0.25) is 0 Å². The number of allylic oxidation sites excluding steroid dienone is 2. The lowest BCUT2D eigenvalue weighted by Gasteiger charge is -1.85. The summed E-state index contributed by atoms with van der Waals surface area (Å²) >= 11 is 0. The summed E-state index contributed by atoms with van der Waals surface area (Å²) in [5.41, 5.74) is 0. The van der Waals surface area contributed by atoms with Crippen molar-refractivity contribution >= 4 is 5.97 Å². The zero-order chi connectivity index (χ0) is 7.82. The van der Waals surface area contributed by atoms with Crippen LogP contribution >= 0.6 is 0 Å². The molecule has 1 N–H and O–H groups in total. The monoisotopic (exact) mass is 138 g/mol. The van der Waals surface area contributed by atoms with E-state index in [0.717, 1.165) is 0 Å². The third-order valence-corrected chi connectivity index (χ3v) is 0.927. The zero-order valence-corrected chi connectivity index (χ0v) is 5.71. The Bertz CT molecular complexity index is 163. The standard InChI is InChI=1S/C8H10O2/c1-2-3-4-5-6-7-8(9)10/h1,4-5H,3,6-7H2,(H,9,10)/b5-4+. The molecule has 0 spiro atoms. The number of carbonyl (C=O) groups is 1. The second-order valence-electron chi connectivity index (χ2n) is 1.81. The van der Waals surface area contributed by atoms with Crippen LogP contribution < -0.4 is 0 Å². The van der Waals surface area contributed by atoms with Crippen LogP contribution in [0.15, 0.2) is 12.2 Å². The van der Waals surface area contributed by atoms with Crippen LogP contribution in [0.2, 0.25) is 0 Å². The van der Waals surface area contributed by atoms with Crippen molar-refractivity contribution in [3.8, 4) is 12.3 Å². The average molecular weight is 138 g/mol. The fourth-order valence-corrected chi connectivity index (χ4v) is 0.476. The first-order chi connectivity index (χ1) is 4.77. The van der Waals surface area contributed by atoms with Crippen LogP contribution in [0.25, 0.3) is 0 Å². The van der Waals surface area contributed by atoms with E-state index >= 15 is 0 Å². The van der Waals surface area contributed by atoms with Crippen molar-refractivity contribution in [3.63, 3.8) is 0 Å². The minimum atomic E-state index is -0.773. The summed E-state index contributed by atoms with van der Waals surface area (Å²) in [5, 5.41) is 8.20. The van der Waals surface area contributed by atoms with Crippen LogP contribution in [0.3, 0.4) is 0 Å². The van der Waals surface area contributed by atoms with Gasteiger partial charge < -0.3 is 5.11 Å². The van der Waals surface area contributed by atoms with Crippen molar-refractivity contribution < 1.29 is 9.90 Å². The smallest absolute Gasteiger partial charge is 0.303 e. The minimum Gasteiger partial charge on any atom is -0.481 e. The molecule has 0 fully saturated rings. The van der Waals surface area contributed by atoms with E-state index in [1.165, 1.54) is 0 Å². The maximum atomic E-state index is 9.96. The molecule has 0 saturated heterocycles. The number of rotatable bonds is 4. The molecule has 0 aliphatic rings. The van der Waals surface area contributed by atoms with Gasteiger partial charge in [-0.25, -0.2) is 0 Å². The SMILES string of the molecule is C#CC/C=C/CCC(=O)O. The Hall–Kier alpha value is -1.23. The van der Waals surface area contributed by atoms with Crippen LogP contribution in [0, 0.1) is 12.3 Å². The molecule has 0 bridgehead atoms. The lowest BCUT2D eigenvalue weighted by molar-refractivity contribution is -0.136. The van der Waals surface area contributed by atoms with E-state index in [1.807, 2.05) is 0 Å². The number of terminal acetylenes is 1. The van der Waals surface area contributed by atoms with Gasteiger partial charge in [-0.2, -0.15) is 0 Å². The molecule has 10 heavy (non-hydrogen) atoms. The van der Waals surface area contributed by atoms with Crippen molar-refractivity contribution in [2.45, 2.75) is 19.3 Å². The first-order valence-corrected chi connectivity index (χ1v) is 3.07. The molecule has 2 heteroatoms. The highest BCUT2D eigenvalue weighted by molar-refractivity contribution is 5.66. The molecule has 0 saturated carbocycles. The van der Waals surface area contributed by atoms with E-state index in [-0.39, 0.29) is 6.42 Å². The summed E-state index contributed by atoms with van der Waals surface area (Å²) in [7, 11) is 0. The number of hydrogen-bond donors (Lipinski definition) is 1. The molecule has 0 aliphatic carbocycles. The molecule has 0 rings (SSSR count). The number of carboxylic acid groups (broad SMARTS) is 1. The molecule has 2 nitrogen and oxygen atoms in total. The predicted octanol–water partition coefficient (Wildman–Crippen LogP) is 1.43. The molecule has 0 heterocycles. The highest BCUT2D eigenvalue weighted by Crippen LogP contribution is 1.91. The topological polar surface area (TPSA) is 37.3 Å². The highest BCUT2D eigenvalue weighted by atomic mass is 16.4. The Morgan fingerprint density at radius 1 is 1.60 bits per heavy atom. The van der Waals surface area contributed by atoms with Gasteiger partial charge in [-0.3, -0.25) is 4.79 Å². The number of carboxylic acids is 1. The van der Waals surface area contributed by atoms with Crippen LogP contribution in [-0.4, -0.2) is 11.1 Å². The van der Waals surface area contributed by atoms with Gasteiger partial charge in [0.15, 0.2) is 0 Å². The Morgan fingerprint density at radius 2 is 2.30 bits per heavy atom. The summed E-state index contributed by atoms with van der Waals surface area (Å²) in [6, 6.07) is 0. The second kappa shape index (κ2) is 5.90. The van der Waals surface area contributed by atoms with Gasteiger partial charge in [-0.05, 0) is 6.42 Å². The van der Waals surface area contributed by atoms with Crippen molar-refractivity contribution in [1.82, 2.24) is 0 Å². The molecular formula is C8H10O2. The van der Waals surface area contributed by atoms with Crippen LogP contribution in [0.5, 0.6) is 0 Å². The third-order valence-electron chi connectivity index (χ3n) is 0.927. The Labute approximate surface area is 60.6 Å². The molecule has 0 amide bonds. The molecule has 0 aliphatic heterocycles. The van der Waals surface area contributed by atoms with Gasteiger partial charge in [-0.15, -0.1) is 12.3 Å². The zero-order valence-electron chi connectivity index (χ0n) is 5.71. The number of aliphatic carboxylic acids is 1. The second-order valence-corrected chi connectivity index (χ2v) is 1.81. The first-order valence-electron chi connectivity index (χ1n) is 3.07. The average Bonchev–Trinajstić information content (AvgIpc) is 1.87. The molecule has 0 radical (unpaired) electrons. The van der Waals surface area contributed by atoms with Gasteiger partial charge >= 0.3 is 5.97 Å². The van der Waals surface area contributed by atoms with Crippen molar-refractivity contribution in [2.24, 2.45) is 0 Å². The van der Waals surface area contributed by atoms with Crippen LogP contribution in [-0.2, 0) is 4.79 Å². The molecule has 0 aromatic rings. The summed E-state index contributed by atoms with van der Waals surface area (Å²) in [4.78, 5) is 9.96. The van der Waals surface area contributed by atoms with Gasteiger partial charge in [-0.1, -0.05) is 12.2 Å². The fourth-order valence-electron chi connectivity index (χ4n) is 0.476. The quantitative estimate of drug-likeness (QED) is 0.471. The van der Waals surface area contributed by atoms with Crippen molar-refractivity contribution in [3.05, 3.63) is 12.2 Å². The van der Waals surface area contributed by atoms with E-state index in [2.05, 4.69) is 5.92 Å². The maximum absolute atomic E-state index is 9.96. The van der Waals surface area contributed by atoms with E-state index in [9.17, 15) is 4.79 Å². The van der Waals surface area contributed by atoms with E-state index < -0.39 is 5.97 Å². The van der Waals surface area contributed by atoms with E-state index in [0.29, 0.717) is 12.8 Å². The molecule has 0 unspecified atom stereocenters. The summed E-state index contributed by atoms with van der Waals surface area (Å²) in [6.07, 6.45) is 9.86. The van der Waals surface area contributed by atoms with Gasteiger partial charge in [0.1, 0.15) is 0 Å². The molecule has 0 atom stereocenters. The predicted molar refractivity (Wildman–Crippen MR) is 39.5 cm³/mol. The Balaban J connectivity index is 3.20. The lowest BCUT2D eigenvalue weighted by atomic mass is 10.3. The van der Waals surface area contributed by atoms with Crippen LogP contribution in [0.4, 0.5) is 0 Å². The molecule has 54 valence electrons. The van der Waals surface area contributed by atoms with Crippen LogP contribution in [0.1, 0.15) is 19.3 Å². The molecule has 0 aromatic carbocycles. The highest BCUT2D eigenvalue weighted by Gasteiger charge is 1.90. The van der Waals surface area contributed by atoms with Gasteiger partial charge in [0, 0.05) is 12.8 Å². The van der Waals surface area contributed by atoms with Crippen molar-refractivity contribution in [2.75, 3.05) is 0 Å². The van der Waals surface area contributed by atoms with Gasteiger partial charge in [0.25, 0.3) is 0 Å². The molecule has 0 aromatic heterocycles. The Kier molecular flexibility index (Phi) is 5.17. The van der Waals surface area contributed by atoms with Crippen molar-refractivity contribution in [1.29, 1.82) is 0 Å². The first kappa shape index (κ1) is 8.77. The largest absolute Gasteiger partial charge is 0.481 e.